The summed E-state index contributed by atoms with van der Waals surface area (Å²) in [6, 6.07) is 0. The number of nitrogens with two attached hydrogens (primary N) is 1. The molecule has 0 saturated heterocycles. The van der Waals surface area contributed by atoms with Crippen LogP contribution in [0.25, 0.3) is 0 Å². The van der Waals surface area contributed by atoms with E-state index in [0.717, 1.165) is 58.5 Å². The summed E-state index contributed by atoms with van der Waals surface area (Å²) in [6.45, 7) is 10.8. The summed E-state index contributed by atoms with van der Waals surface area (Å²) in [6.07, 6.45) is 3.88. The number of methoxy groups -OCH3 is 1. The van der Waals surface area contributed by atoms with Gasteiger partial charge < -0.3 is 20.7 Å². The van der Waals surface area contributed by atoms with Gasteiger partial charge in [-0.25, -0.2) is 0 Å². The monoisotopic (exact) mass is 287 g/mol. The molecule has 120 valence electrons. The minimum Gasteiger partial charge on any atom is -0.383 e. The minimum absolute atomic E-state index is 0.252. The highest BCUT2D eigenvalue weighted by Crippen LogP contribution is 2.14. The fourth-order valence-corrected chi connectivity index (χ4v) is 2.16. The van der Waals surface area contributed by atoms with E-state index in [9.17, 15) is 4.79 Å². The maximum Gasteiger partial charge on any atom is 0.237 e. The van der Waals surface area contributed by atoms with E-state index in [1.807, 2.05) is 6.92 Å². The predicted molar refractivity (Wildman–Crippen MR) is 83.7 cm³/mol. The van der Waals surface area contributed by atoms with Gasteiger partial charge in [0.25, 0.3) is 0 Å². The van der Waals surface area contributed by atoms with Gasteiger partial charge in [-0.05, 0) is 52.2 Å². The quantitative estimate of drug-likeness (QED) is 0.502. The highest BCUT2D eigenvalue weighted by molar-refractivity contribution is 5.84. The molecule has 0 aromatic carbocycles. The Bertz CT molecular complexity index is 262. The van der Waals surface area contributed by atoms with E-state index in [2.05, 4.69) is 24.1 Å². The Hall–Kier alpha value is -0.650. The number of unbranched alkanes of at least 4 members (excludes halogenated alkanes) is 1. The van der Waals surface area contributed by atoms with Gasteiger partial charge in [0.05, 0.1) is 12.1 Å². The first-order valence-corrected chi connectivity index (χ1v) is 7.76. The van der Waals surface area contributed by atoms with Gasteiger partial charge in [-0.1, -0.05) is 13.8 Å². The average Bonchev–Trinajstić information content (AvgIpc) is 2.44. The molecule has 1 unspecified atom stereocenters. The van der Waals surface area contributed by atoms with Crippen LogP contribution in [0.2, 0.25) is 0 Å². The van der Waals surface area contributed by atoms with Crippen molar-refractivity contribution in [2.75, 3.05) is 39.9 Å². The third-order valence-electron chi connectivity index (χ3n) is 3.77. The molecule has 5 nitrogen and oxygen atoms in total. The van der Waals surface area contributed by atoms with Crippen LogP contribution in [0.1, 0.15) is 46.5 Å². The second-order valence-corrected chi connectivity index (χ2v) is 5.51. The van der Waals surface area contributed by atoms with E-state index >= 15 is 0 Å². The van der Waals surface area contributed by atoms with Crippen molar-refractivity contribution < 1.29 is 9.53 Å². The summed E-state index contributed by atoms with van der Waals surface area (Å²) in [5.74, 6) is -0.252. The largest absolute Gasteiger partial charge is 0.383 e. The number of carbonyl (C=O) groups excluding carboxylic acids is 1. The van der Waals surface area contributed by atoms with Crippen LogP contribution in [-0.2, 0) is 9.53 Å². The van der Waals surface area contributed by atoms with Crippen LogP contribution in [-0.4, -0.2) is 56.2 Å². The topological polar surface area (TPSA) is 67.6 Å². The Morgan fingerprint density at radius 3 is 2.50 bits per heavy atom. The summed E-state index contributed by atoms with van der Waals surface area (Å²) >= 11 is 0. The lowest BCUT2D eigenvalue weighted by Crippen LogP contribution is -2.53. The molecule has 0 aromatic rings. The number of amides is 1. The van der Waals surface area contributed by atoms with E-state index in [1.165, 1.54) is 0 Å². The van der Waals surface area contributed by atoms with Gasteiger partial charge in [-0.3, -0.25) is 4.79 Å². The number of rotatable bonds is 13. The molecule has 5 heteroatoms. The maximum absolute atomic E-state index is 11.6. The third kappa shape index (κ3) is 7.82. The number of hydrogen-bond donors (Lipinski definition) is 2. The summed E-state index contributed by atoms with van der Waals surface area (Å²) in [5.41, 5.74) is 4.95. The van der Waals surface area contributed by atoms with Crippen LogP contribution in [0.3, 0.4) is 0 Å². The van der Waals surface area contributed by atoms with Crippen molar-refractivity contribution in [2.24, 2.45) is 5.73 Å². The molecule has 0 rings (SSSR count). The van der Waals surface area contributed by atoms with Gasteiger partial charge in [0.1, 0.15) is 0 Å². The van der Waals surface area contributed by atoms with E-state index in [0.29, 0.717) is 0 Å². The Morgan fingerprint density at radius 2 is 2.00 bits per heavy atom. The number of primary amides is 1. The first kappa shape index (κ1) is 19.4. The molecule has 0 saturated carbocycles. The third-order valence-corrected chi connectivity index (χ3v) is 3.77. The number of hydrogen-bond acceptors (Lipinski definition) is 4. The van der Waals surface area contributed by atoms with Crippen LogP contribution in [0, 0.1) is 0 Å². The summed E-state index contributed by atoms with van der Waals surface area (Å²) in [5, 5.41) is 3.27. The van der Waals surface area contributed by atoms with E-state index in [1.54, 1.807) is 7.11 Å². The molecule has 3 N–H and O–H groups in total. The maximum atomic E-state index is 11.6. The standard InChI is InChI=1S/C15H33N3O2/c1-5-10-17-15(3,14(16)19)9-7-8-11-18(6-2)12-13-20-4/h17H,5-13H2,1-4H3,(H2,16,19). The van der Waals surface area contributed by atoms with Crippen LogP contribution in [0.4, 0.5) is 0 Å². The van der Waals surface area contributed by atoms with Gasteiger partial charge in [-0.2, -0.15) is 0 Å². The zero-order valence-electron chi connectivity index (χ0n) is 13.7. The van der Waals surface area contributed by atoms with Gasteiger partial charge in [0.15, 0.2) is 0 Å². The van der Waals surface area contributed by atoms with E-state index in [-0.39, 0.29) is 5.91 Å². The fourth-order valence-electron chi connectivity index (χ4n) is 2.16. The summed E-state index contributed by atoms with van der Waals surface area (Å²) in [7, 11) is 1.73. The zero-order valence-corrected chi connectivity index (χ0v) is 13.7. The lowest BCUT2D eigenvalue weighted by Gasteiger charge is -2.28. The van der Waals surface area contributed by atoms with Crippen LogP contribution < -0.4 is 11.1 Å². The van der Waals surface area contributed by atoms with Crippen molar-refractivity contribution in [3.8, 4) is 0 Å². The first-order valence-electron chi connectivity index (χ1n) is 7.76. The average molecular weight is 287 g/mol. The van der Waals surface area contributed by atoms with Crippen molar-refractivity contribution in [3.63, 3.8) is 0 Å². The second kappa shape index (κ2) is 11.1. The molecule has 20 heavy (non-hydrogen) atoms. The Morgan fingerprint density at radius 1 is 1.30 bits per heavy atom. The van der Waals surface area contributed by atoms with Crippen molar-refractivity contribution in [3.05, 3.63) is 0 Å². The molecule has 0 aliphatic rings. The number of carbonyl (C=O) groups is 1. The smallest absolute Gasteiger partial charge is 0.237 e. The number of nitrogens with one attached hydrogen (secondary N) is 1. The van der Waals surface area contributed by atoms with E-state index < -0.39 is 5.54 Å². The molecule has 0 bridgehead atoms. The lowest BCUT2D eigenvalue weighted by molar-refractivity contribution is -0.124. The Balaban J connectivity index is 4.01. The predicted octanol–water partition coefficient (Wildman–Crippen LogP) is 1.37. The fraction of sp³-hybridized carbons (Fsp3) is 0.933. The van der Waals surface area contributed by atoms with Gasteiger partial charge >= 0.3 is 0 Å². The molecular formula is C15H33N3O2. The molecule has 0 spiro atoms. The normalized spacial score (nSPS) is 14.4. The molecule has 0 aliphatic heterocycles. The van der Waals surface area contributed by atoms with Crippen molar-refractivity contribution in [1.82, 2.24) is 10.2 Å². The Kier molecular flexibility index (Phi) is 10.7. The van der Waals surface area contributed by atoms with Crippen molar-refractivity contribution in [2.45, 2.75) is 52.0 Å². The van der Waals surface area contributed by atoms with Gasteiger partial charge in [0.2, 0.25) is 5.91 Å². The van der Waals surface area contributed by atoms with Crippen molar-refractivity contribution >= 4 is 5.91 Å². The summed E-state index contributed by atoms with van der Waals surface area (Å²) in [4.78, 5) is 14.0. The molecular weight excluding hydrogens is 254 g/mol. The first-order chi connectivity index (χ1) is 9.50. The zero-order chi connectivity index (χ0) is 15.4. The number of ether oxygens (including phenoxy) is 1. The van der Waals surface area contributed by atoms with Crippen LogP contribution >= 0.6 is 0 Å². The lowest BCUT2D eigenvalue weighted by atomic mass is 9.93. The highest BCUT2D eigenvalue weighted by Gasteiger charge is 2.29. The molecule has 1 atom stereocenters. The van der Waals surface area contributed by atoms with Crippen molar-refractivity contribution in [1.29, 1.82) is 0 Å². The highest BCUT2D eigenvalue weighted by atomic mass is 16.5. The molecule has 0 aliphatic carbocycles. The van der Waals surface area contributed by atoms with Gasteiger partial charge in [0, 0.05) is 13.7 Å². The molecule has 0 fully saturated rings. The Labute approximate surface area is 124 Å². The number of nitrogens with zero attached hydrogens (tertiary/aromatic N) is 1. The molecule has 0 aromatic heterocycles. The second-order valence-electron chi connectivity index (χ2n) is 5.51. The molecule has 0 heterocycles. The van der Waals surface area contributed by atoms with Gasteiger partial charge in [-0.15, -0.1) is 0 Å². The van der Waals surface area contributed by atoms with Crippen LogP contribution in [0.5, 0.6) is 0 Å². The molecule has 1 amide bonds. The number of likely N-dealkylation sites (N-methyl/N-ethyl adjacent to an activating group) is 1. The van der Waals surface area contributed by atoms with Crippen LogP contribution in [0.15, 0.2) is 0 Å². The van der Waals surface area contributed by atoms with E-state index in [4.69, 9.17) is 10.5 Å². The minimum atomic E-state index is -0.570. The summed E-state index contributed by atoms with van der Waals surface area (Å²) < 4.78 is 5.10. The molecule has 0 radical (unpaired) electrons. The SMILES string of the molecule is CCCNC(C)(CCCCN(CC)CCOC)C(N)=O.